The molecule has 0 spiro atoms. The Morgan fingerprint density at radius 1 is 1.11 bits per heavy atom. The maximum absolute atomic E-state index is 5.72. The van der Waals surface area contributed by atoms with Gasteiger partial charge in [0.05, 0.1) is 12.3 Å². The van der Waals surface area contributed by atoms with E-state index < -0.39 is 0 Å². The molecule has 0 unspecified atom stereocenters. The van der Waals surface area contributed by atoms with Gasteiger partial charge in [-0.1, -0.05) is 32.9 Å². The van der Waals surface area contributed by atoms with Crippen LogP contribution in [0.3, 0.4) is 0 Å². The molecule has 1 N–H and O–H groups in total. The zero-order valence-electron chi connectivity index (χ0n) is 12.0. The molecule has 0 aliphatic carbocycles. The van der Waals surface area contributed by atoms with Crippen LogP contribution in [0, 0.1) is 5.41 Å². The lowest BCUT2D eigenvalue weighted by atomic mass is 9.97. The molecule has 0 aromatic heterocycles. The van der Waals surface area contributed by atoms with Crippen LogP contribution in [0.25, 0.3) is 0 Å². The Balaban J connectivity index is 2.51. The summed E-state index contributed by atoms with van der Waals surface area (Å²) in [5.41, 5.74) is 1.29. The van der Waals surface area contributed by atoms with E-state index in [1.165, 1.54) is 0 Å². The van der Waals surface area contributed by atoms with E-state index in [0.29, 0.717) is 13.2 Å². The van der Waals surface area contributed by atoms with Gasteiger partial charge in [-0.15, -0.1) is 0 Å². The molecule has 0 atom stereocenters. The second-order valence-corrected chi connectivity index (χ2v) is 5.46. The highest BCUT2D eigenvalue weighted by molar-refractivity contribution is 5.56. The molecule has 0 saturated heterocycles. The van der Waals surface area contributed by atoms with Crippen molar-refractivity contribution in [1.29, 1.82) is 0 Å². The predicted octanol–water partition coefficient (Wildman–Crippen LogP) is 3.56. The highest BCUT2D eigenvalue weighted by Crippen LogP contribution is 2.25. The van der Waals surface area contributed by atoms with Gasteiger partial charge in [0.2, 0.25) is 0 Å². The number of hydrogen-bond donors (Lipinski definition) is 1. The van der Waals surface area contributed by atoms with Crippen LogP contribution >= 0.6 is 0 Å². The molecular weight excluding hydrogens is 226 g/mol. The fourth-order valence-electron chi connectivity index (χ4n) is 1.45. The second kappa shape index (κ2) is 7.27. The summed E-state index contributed by atoms with van der Waals surface area (Å²) in [5.74, 6) is 0.890. The van der Waals surface area contributed by atoms with Gasteiger partial charge < -0.3 is 14.8 Å². The van der Waals surface area contributed by atoms with E-state index in [0.717, 1.165) is 24.6 Å². The summed E-state index contributed by atoms with van der Waals surface area (Å²) < 4.78 is 11.0. The molecule has 0 heterocycles. The fraction of sp³-hybridized carbons (Fsp3) is 0.600. The number of anilines is 1. The average molecular weight is 251 g/mol. The molecule has 3 heteroatoms. The number of ether oxygens (including phenoxy) is 2. The summed E-state index contributed by atoms with van der Waals surface area (Å²) in [7, 11) is 0. The topological polar surface area (TPSA) is 30.5 Å². The van der Waals surface area contributed by atoms with Crippen LogP contribution in [0.1, 0.15) is 27.7 Å². The number of nitrogens with one attached hydrogen (secondary N) is 1. The molecule has 3 nitrogen and oxygen atoms in total. The van der Waals surface area contributed by atoms with Gasteiger partial charge in [-0.3, -0.25) is 0 Å². The molecule has 1 aromatic rings. The van der Waals surface area contributed by atoms with Crippen molar-refractivity contribution >= 4 is 5.69 Å². The summed E-state index contributed by atoms with van der Waals surface area (Å²) in [6, 6.07) is 8.03. The van der Waals surface area contributed by atoms with Gasteiger partial charge >= 0.3 is 0 Å². The monoisotopic (exact) mass is 251 g/mol. The van der Waals surface area contributed by atoms with Gasteiger partial charge in [0, 0.05) is 13.2 Å². The molecule has 0 aliphatic heterocycles. The number of rotatable bonds is 7. The quantitative estimate of drug-likeness (QED) is 0.752. The first-order valence-corrected chi connectivity index (χ1v) is 6.56. The molecule has 0 fully saturated rings. The molecule has 0 amide bonds. The second-order valence-electron chi connectivity index (χ2n) is 5.46. The maximum Gasteiger partial charge on any atom is 0.142 e. The third-order valence-electron chi connectivity index (χ3n) is 2.39. The van der Waals surface area contributed by atoms with Gasteiger partial charge in [-0.2, -0.15) is 0 Å². The van der Waals surface area contributed by atoms with Crippen LogP contribution in [-0.4, -0.2) is 26.4 Å². The Morgan fingerprint density at radius 2 is 1.83 bits per heavy atom. The highest BCUT2D eigenvalue weighted by Gasteiger charge is 2.11. The zero-order valence-corrected chi connectivity index (χ0v) is 12.0. The molecule has 1 rings (SSSR count). The number of benzene rings is 1. The summed E-state index contributed by atoms with van der Waals surface area (Å²) >= 11 is 0. The van der Waals surface area contributed by atoms with Gasteiger partial charge in [0.25, 0.3) is 0 Å². The standard InChI is InChI=1S/C15H25NO2/c1-5-17-10-11-18-14-9-7-6-8-13(14)16-12-15(2,3)4/h6-9,16H,5,10-12H2,1-4H3. The lowest BCUT2D eigenvalue weighted by Gasteiger charge is -2.21. The summed E-state index contributed by atoms with van der Waals surface area (Å²) in [4.78, 5) is 0. The highest BCUT2D eigenvalue weighted by atomic mass is 16.5. The third-order valence-corrected chi connectivity index (χ3v) is 2.39. The van der Waals surface area contributed by atoms with E-state index in [2.05, 4.69) is 26.1 Å². The van der Waals surface area contributed by atoms with Crippen LogP contribution in [0.2, 0.25) is 0 Å². The molecule has 18 heavy (non-hydrogen) atoms. The fourth-order valence-corrected chi connectivity index (χ4v) is 1.45. The van der Waals surface area contributed by atoms with E-state index >= 15 is 0 Å². The summed E-state index contributed by atoms with van der Waals surface area (Å²) in [6.45, 7) is 11.5. The Morgan fingerprint density at radius 3 is 2.50 bits per heavy atom. The van der Waals surface area contributed by atoms with Crippen LogP contribution in [0.5, 0.6) is 5.75 Å². The minimum atomic E-state index is 0.248. The first kappa shape index (κ1) is 14.8. The van der Waals surface area contributed by atoms with Gasteiger partial charge in [-0.05, 0) is 24.5 Å². The van der Waals surface area contributed by atoms with Crippen LogP contribution < -0.4 is 10.1 Å². The maximum atomic E-state index is 5.72. The third kappa shape index (κ3) is 5.92. The Hall–Kier alpha value is -1.22. The molecule has 1 aromatic carbocycles. The van der Waals surface area contributed by atoms with Crippen molar-refractivity contribution in [2.75, 3.05) is 31.7 Å². The average Bonchev–Trinajstić information content (AvgIpc) is 2.32. The SMILES string of the molecule is CCOCCOc1ccccc1NCC(C)(C)C. The van der Waals surface area contributed by atoms with E-state index in [1.54, 1.807) is 0 Å². The predicted molar refractivity (Wildman–Crippen MR) is 76.4 cm³/mol. The first-order chi connectivity index (χ1) is 8.53. The van der Waals surface area contributed by atoms with E-state index in [-0.39, 0.29) is 5.41 Å². The van der Waals surface area contributed by atoms with Crippen LogP contribution in [0.4, 0.5) is 5.69 Å². The molecule has 0 bridgehead atoms. The lowest BCUT2D eigenvalue weighted by Crippen LogP contribution is -2.19. The van der Waals surface area contributed by atoms with E-state index in [9.17, 15) is 0 Å². The van der Waals surface area contributed by atoms with Crippen LogP contribution in [-0.2, 0) is 4.74 Å². The summed E-state index contributed by atoms with van der Waals surface area (Å²) in [5, 5.41) is 3.43. The first-order valence-electron chi connectivity index (χ1n) is 6.56. The Labute approximate surface area is 110 Å². The Kier molecular flexibility index (Phi) is 5.99. The van der Waals surface area contributed by atoms with E-state index in [4.69, 9.17) is 9.47 Å². The van der Waals surface area contributed by atoms with Crippen LogP contribution in [0.15, 0.2) is 24.3 Å². The zero-order chi connectivity index (χ0) is 13.4. The van der Waals surface area contributed by atoms with Crippen molar-refractivity contribution in [3.05, 3.63) is 24.3 Å². The van der Waals surface area contributed by atoms with Gasteiger partial charge in [0.1, 0.15) is 12.4 Å². The lowest BCUT2D eigenvalue weighted by molar-refractivity contribution is 0.110. The van der Waals surface area contributed by atoms with Crippen molar-refractivity contribution in [2.45, 2.75) is 27.7 Å². The Bertz CT molecular complexity index is 345. The normalized spacial score (nSPS) is 11.3. The molecule has 0 aliphatic rings. The van der Waals surface area contributed by atoms with E-state index in [1.807, 2.05) is 31.2 Å². The molecule has 0 saturated carbocycles. The molecule has 0 radical (unpaired) electrons. The minimum Gasteiger partial charge on any atom is -0.489 e. The molecular formula is C15H25NO2. The summed E-state index contributed by atoms with van der Waals surface area (Å²) in [6.07, 6.45) is 0. The van der Waals surface area contributed by atoms with Gasteiger partial charge in [0.15, 0.2) is 0 Å². The largest absolute Gasteiger partial charge is 0.489 e. The van der Waals surface area contributed by atoms with Crippen molar-refractivity contribution in [3.8, 4) is 5.75 Å². The number of hydrogen-bond acceptors (Lipinski definition) is 3. The smallest absolute Gasteiger partial charge is 0.142 e. The van der Waals surface area contributed by atoms with Crippen molar-refractivity contribution in [3.63, 3.8) is 0 Å². The van der Waals surface area contributed by atoms with Crippen molar-refractivity contribution in [1.82, 2.24) is 0 Å². The van der Waals surface area contributed by atoms with Gasteiger partial charge in [-0.25, -0.2) is 0 Å². The minimum absolute atomic E-state index is 0.248. The van der Waals surface area contributed by atoms with Crippen molar-refractivity contribution < 1.29 is 9.47 Å². The molecule has 102 valence electrons. The number of para-hydroxylation sites is 2. The van der Waals surface area contributed by atoms with Crippen molar-refractivity contribution in [2.24, 2.45) is 5.41 Å².